The Kier molecular flexibility index (Phi) is 2.61. The molecule has 1 aromatic heterocycles. The highest BCUT2D eigenvalue weighted by atomic mass is 32.1. The Morgan fingerprint density at radius 3 is 2.86 bits per heavy atom. The Morgan fingerprint density at radius 2 is 2.14 bits per heavy atom. The van der Waals surface area contributed by atoms with Crippen LogP contribution in [-0.2, 0) is 6.42 Å². The van der Waals surface area contributed by atoms with Gasteiger partial charge in [-0.25, -0.2) is 0 Å². The summed E-state index contributed by atoms with van der Waals surface area (Å²) in [6.07, 6.45) is 1.42. The number of rotatable bonds is 3. The van der Waals surface area contributed by atoms with Crippen molar-refractivity contribution in [3.05, 3.63) is 34.7 Å². The number of hydrogen-bond acceptors (Lipinski definition) is 3. The van der Waals surface area contributed by atoms with E-state index in [2.05, 4.69) is 0 Å². The van der Waals surface area contributed by atoms with Gasteiger partial charge in [0, 0.05) is 11.3 Å². The van der Waals surface area contributed by atoms with Crippen LogP contribution < -0.4 is 0 Å². The molecule has 0 bridgehead atoms. The van der Waals surface area contributed by atoms with E-state index in [1.54, 1.807) is 0 Å². The SMILES string of the molecule is O=Cc1sc2ccccc2c1CCO. The Morgan fingerprint density at radius 1 is 1.36 bits per heavy atom. The van der Waals surface area contributed by atoms with Crippen molar-refractivity contribution >= 4 is 27.7 Å². The van der Waals surface area contributed by atoms with Gasteiger partial charge in [0.05, 0.1) is 4.88 Å². The Labute approximate surface area is 85.8 Å². The number of thiophene rings is 1. The van der Waals surface area contributed by atoms with E-state index in [1.165, 1.54) is 11.3 Å². The number of aldehydes is 1. The van der Waals surface area contributed by atoms with E-state index in [0.29, 0.717) is 6.42 Å². The molecule has 0 saturated heterocycles. The summed E-state index contributed by atoms with van der Waals surface area (Å²) in [6, 6.07) is 7.89. The fraction of sp³-hybridized carbons (Fsp3) is 0.182. The average molecular weight is 206 g/mol. The molecule has 0 aliphatic heterocycles. The lowest BCUT2D eigenvalue weighted by molar-refractivity contribution is 0.112. The molecule has 0 aliphatic rings. The number of aliphatic hydroxyl groups excluding tert-OH is 1. The van der Waals surface area contributed by atoms with E-state index < -0.39 is 0 Å². The summed E-state index contributed by atoms with van der Waals surface area (Å²) in [5, 5.41) is 10.00. The molecule has 14 heavy (non-hydrogen) atoms. The highest BCUT2D eigenvalue weighted by Gasteiger charge is 2.09. The van der Waals surface area contributed by atoms with Crippen LogP contribution in [0.25, 0.3) is 10.1 Å². The maximum atomic E-state index is 10.8. The maximum Gasteiger partial charge on any atom is 0.160 e. The van der Waals surface area contributed by atoms with Crippen LogP contribution in [0.1, 0.15) is 15.2 Å². The van der Waals surface area contributed by atoms with Crippen molar-refractivity contribution in [2.45, 2.75) is 6.42 Å². The minimum atomic E-state index is 0.0849. The quantitative estimate of drug-likeness (QED) is 0.782. The monoisotopic (exact) mass is 206 g/mol. The van der Waals surface area contributed by atoms with Crippen LogP contribution in [0, 0.1) is 0 Å². The third kappa shape index (κ3) is 1.45. The molecule has 0 aliphatic carbocycles. The van der Waals surface area contributed by atoms with Crippen molar-refractivity contribution in [2.24, 2.45) is 0 Å². The van der Waals surface area contributed by atoms with Crippen LogP contribution >= 0.6 is 11.3 Å². The minimum absolute atomic E-state index is 0.0849. The zero-order valence-corrected chi connectivity index (χ0v) is 8.38. The van der Waals surface area contributed by atoms with Gasteiger partial charge in [-0.3, -0.25) is 4.79 Å². The molecule has 3 heteroatoms. The van der Waals surface area contributed by atoms with E-state index in [-0.39, 0.29) is 6.61 Å². The largest absolute Gasteiger partial charge is 0.396 e. The number of fused-ring (bicyclic) bond motifs is 1. The summed E-state index contributed by atoms with van der Waals surface area (Å²) in [5.41, 5.74) is 0.975. The molecule has 2 aromatic rings. The number of carbonyl (C=O) groups excluding carboxylic acids is 1. The molecule has 2 nitrogen and oxygen atoms in total. The molecule has 1 aromatic carbocycles. The predicted molar refractivity (Wildman–Crippen MR) is 58.0 cm³/mol. The summed E-state index contributed by atoms with van der Waals surface area (Å²) in [7, 11) is 0. The van der Waals surface area contributed by atoms with Gasteiger partial charge in [-0.1, -0.05) is 18.2 Å². The van der Waals surface area contributed by atoms with Crippen molar-refractivity contribution in [2.75, 3.05) is 6.61 Å². The second-order valence-corrected chi connectivity index (χ2v) is 4.12. The molecule has 0 amide bonds. The lowest BCUT2D eigenvalue weighted by Crippen LogP contribution is -1.92. The Hall–Kier alpha value is -1.19. The first-order chi connectivity index (χ1) is 6.86. The summed E-state index contributed by atoms with van der Waals surface area (Å²) >= 11 is 1.48. The summed E-state index contributed by atoms with van der Waals surface area (Å²) in [6.45, 7) is 0.0849. The Bertz CT molecular complexity index is 459. The van der Waals surface area contributed by atoms with Gasteiger partial charge in [-0.15, -0.1) is 11.3 Å². The van der Waals surface area contributed by atoms with Crippen LogP contribution in [0.3, 0.4) is 0 Å². The van der Waals surface area contributed by atoms with Gasteiger partial charge in [-0.2, -0.15) is 0 Å². The highest BCUT2D eigenvalue weighted by molar-refractivity contribution is 7.20. The lowest BCUT2D eigenvalue weighted by Gasteiger charge is -1.96. The molecular formula is C11H10O2S. The molecule has 72 valence electrons. The van der Waals surface area contributed by atoms with Gasteiger partial charge < -0.3 is 5.11 Å². The molecule has 1 N–H and O–H groups in total. The van der Waals surface area contributed by atoms with Crippen molar-refractivity contribution in [1.29, 1.82) is 0 Å². The third-order valence-corrected chi connectivity index (χ3v) is 3.34. The van der Waals surface area contributed by atoms with Gasteiger partial charge in [0.2, 0.25) is 0 Å². The predicted octanol–water partition coefficient (Wildman–Crippen LogP) is 2.25. The van der Waals surface area contributed by atoms with Crippen LogP contribution in [-0.4, -0.2) is 18.0 Å². The first kappa shape index (κ1) is 9.37. The van der Waals surface area contributed by atoms with Crippen LogP contribution in [0.5, 0.6) is 0 Å². The van der Waals surface area contributed by atoms with E-state index in [4.69, 9.17) is 5.11 Å². The summed E-state index contributed by atoms with van der Waals surface area (Å²) in [5.74, 6) is 0. The fourth-order valence-corrected chi connectivity index (χ4v) is 2.65. The number of benzene rings is 1. The van der Waals surface area contributed by atoms with E-state index >= 15 is 0 Å². The number of aliphatic hydroxyl groups is 1. The second kappa shape index (κ2) is 3.90. The average Bonchev–Trinajstić information content (AvgIpc) is 2.58. The smallest absolute Gasteiger partial charge is 0.160 e. The number of carbonyl (C=O) groups is 1. The normalized spacial score (nSPS) is 10.6. The van der Waals surface area contributed by atoms with Crippen molar-refractivity contribution in [3.8, 4) is 0 Å². The van der Waals surface area contributed by atoms with E-state index in [0.717, 1.165) is 26.8 Å². The molecule has 1 heterocycles. The molecule has 0 fully saturated rings. The molecule has 0 radical (unpaired) electrons. The minimum Gasteiger partial charge on any atom is -0.396 e. The third-order valence-electron chi connectivity index (χ3n) is 2.20. The van der Waals surface area contributed by atoms with Crippen LogP contribution in [0.2, 0.25) is 0 Å². The first-order valence-electron chi connectivity index (χ1n) is 4.43. The lowest BCUT2D eigenvalue weighted by atomic mass is 10.1. The molecular weight excluding hydrogens is 196 g/mol. The first-order valence-corrected chi connectivity index (χ1v) is 5.25. The zero-order valence-electron chi connectivity index (χ0n) is 7.56. The van der Waals surface area contributed by atoms with E-state index in [9.17, 15) is 4.79 Å². The fourth-order valence-electron chi connectivity index (χ4n) is 1.58. The standard InChI is InChI=1S/C11H10O2S/c12-6-5-9-8-3-1-2-4-10(8)14-11(9)7-13/h1-4,7,12H,5-6H2. The molecule has 0 unspecified atom stereocenters. The number of hydrogen-bond donors (Lipinski definition) is 1. The second-order valence-electron chi connectivity index (χ2n) is 3.03. The Balaban J connectivity index is 2.67. The van der Waals surface area contributed by atoms with Gasteiger partial charge in [0.1, 0.15) is 0 Å². The van der Waals surface area contributed by atoms with Gasteiger partial charge in [0.15, 0.2) is 6.29 Å². The van der Waals surface area contributed by atoms with Crippen LogP contribution in [0.4, 0.5) is 0 Å². The van der Waals surface area contributed by atoms with E-state index in [1.807, 2.05) is 24.3 Å². The van der Waals surface area contributed by atoms with Gasteiger partial charge in [-0.05, 0) is 23.4 Å². The molecule has 2 rings (SSSR count). The topological polar surface area (TPSA) is 37.3 Å². The maximum absolute atomic E-state index is 10.8. The summed E-state index contributed by atoms with van der Waals surface area (Å²) < 4.78 is 1.11. The van der Waals surface area contributed by atoms with Crippen molar-refractivity contribution < 1.29 is 9.90 Å². The molecule has 0 atom stereocenters. The zero-order chi connectivity index (χ0) is 9.97. The summed E-state index contributed by atoms with van der Waals surface area (Å²) in [4.78, 5) is 11.5. The van der Waals surface area contributed by atoms with Crippen LogP contribution in [0.15, 0.2) is 24.3 Å². The van der Waals surface area contributed by atoms with Crippen molar-refractivity contribution in [1.82, 2.24) is 0 Å². The molecule has 0 spiro atoms. The van der Waals surface area contributed by atoms with Crippen molar-refractivity contribution in [3.63, 3.8) is 0 Å². The highest BCUT2D eigenvalue weighted by Crippen LogP contribution is 2.30. The van der Waals surface area contributed by atoms with Gasteiger partial charge >= 0.3 is 0 Å². The molecule has 0 saturated carbocycles. The van der Waals surface area contributed by atoms with Gasteiger partial charge in [0.25, 0.3) is 0 Å².